The fourth-order valence-electron chi connectivity index (χ4n) is 7.62. The summed E-state index contributed by atoms with van der Waals surface area (Å²) < 4.78 is 5.01. The van der Waals surface area contributed by atoms with Gasteiger partial charge in [0.2, 0.25) is 0 Å². The van der Waals surface area contributed by atoms with E-state index in [9.17, 15) is 0 Å². The zero-order chi connectivity index (χ0) is 30.2. The second-order valence-electron chi connectivity index (χ2n) is 12.2. The summed E-state index contributed by atoms with van der Waals surface area (Å²) in [4.78, 5) is 0. The van der Waals surface area contributed by atoms with Gasteiger partial charge in [-0.1, -0.05) is 133 Å². The first-order chi connectivity index (χ1) is 22.8. The molecule has 0 spiro atoms. The van der Waals surface area contributed by atoms with Crippen LogP contribution >= 0.6 is 0 Å². The van der Waals surface area contributed by atoms with Crippen LogP contribution < -0.4 is 0 Å². The third-order valence-electron chi connectivity index (χ3n) is 9.63. The first-order valence-electron chi connectivity index (χ1n) is 15.9. The SMILES string of the molecule is c1ccc(-c2cc(-c3ccccc3)cc(-n3c4ccccc4c4ccc5c6ccccc6c6cc7ccccc7n6c5c43)c2)cc1. The number of hydrogen-bond acceptors (Lipinski definition) is 0. The Morgan fingerprint density at radius 2 is 0.826 bits per heavy atom. The van der Waals surface area contributed by atoms with Crippen LogP contribution in [0.4, 0.5) is 0 Å². The Kier molecular flexibility index (Phi) is 5.31. The molecule has 0 aliphatic heterocycles. The quantitative estimate of drug-likeness (QED) is 0.183. The Labute approximate surface area is 266 Å². The molecule has 46 heavy (non-hydrogen) atoms. The van der Waals surface area contributed by atoms with Crippen LogP contribution in [-0.2, 0) is 0 Å². The predicted octanol–water partition coefficient (Wildman–Crippen LogP) is 11.8. The lowest BCUT2D eigenvalue weighted by molar-refractivity contribution is 1.18. The Hall–Kier alpha value is -6.12. The van der Waals surface area contributed by atoms with Crippen molar-refractivity contribution in [3.05, 3.63) is 170 Å². The lowest BCUT2D eigenvalue weighted by atomic mass is 9.98. The summed E-state index contributed by atoms with van der Waals surface area (Å²) in [5, 5.41) is 7.55. The molecule has 10 rings (SSSR count). The van der Waals surface area contributed by atoms with Gasteiger partial charge in [0, 0.05) is 32.6 Å². The average Bonchev–Trinajstić information content (AvgIpc) is 3.69. The zero-order valence-corrected chi connectivity index (χ0v) is 25.1. The normalized spacial score (nSPS) is 11.9. The van der Waals surface area contributed by atoms with E-state index in [0.29, 0.717) is 0 Å². The number of rotatable bonds is 3. The van der Waals surface area contributed by atoms with Gasteiger partial charge >= 0.3 is 0 Å². The summed E-state index contributed by atoms with van der Waals surface area (Å²) in [6.45, 7) is 0. The summed E-state index contributed by atoms with van der Waals surface area (Å²) >= 11 is 0. The standard InChI is InChI=1S/C44H28N2/c1-3-13-29(14-4-1)32-25-33(30-15-5-2-6-16-30)27-34(26-32)45-41-22-12-10-20-37(41)39-24-23-38-35-18-8-9-19-36(35)42-28-31-17-7-11-21-40(31)46(42)44(38)43(39)45/h1-28H. The second kappa shape index (κ2) is 9.69. The number of benzene rings is 7. The van der Waals surface area contributed by atoms with Crippen molar-refractivity contribution in [3.8, 4) is 27.9 Å². The van der Waals surface area contributed by atoms with Gasteiger partial charge in [-0.2, -0.15) is 0 Å². The number of pyridine rings is 1. The number of fused-ring (bicyclic) bond motifs is 12. The fraction of sp³-hybridized carbons (Fsp3) is 0. The highest BCUT2D eigenvalue weighted by atomic mass is 15.0. The summed E-state index contributed by atoms with van der Waals surface area (Å²) in [6.07, 6.45) is 0. The molecule has 0 saturated carbocycles. The molecule has 0 bridgehead atoms. The van der Waals surface area contributed by atoms with Gasteiger partial charge in [0.25, 0.3) is 0 Å². The minimum atomic E-state index is 1.15. The van der Waals surface area contributed by atoms with E-state index in [1.54, 1.807) is 0 Å². The molecule has 0 atom stereocenters. The van der Waals surface area contributed by atoms with Crippen molar-refractivity contribution in [2.75, 3.05) is 0 Å². The molecule has 0 amide bonds. The molecule has 214 valence electrons. The summed E-state index contributed by atoms with van der Waals surface area (Å²) in [5.41, 5.74) is 12.1. The van der Waals surface area contributed by atoms with E-state index in [1.807, 2.05) is 0 Å². The van der Waals surface area contributed by atoms with E-state index in [-0.39, 0.29) is 0 Å². The van der Waals surface area contributed by atoms with Gasteiger partial charge < -0.3 is 8.97 Å². The molecule has 3 heterocycles. The Morgan fingerprint density at radius 3 is 1.50 bits per heavy atom. The molecule has 0 fully saturated rings. The third kappa shape index (κ3) is 3.59. The van der Waals surface area contributed by atoms with Gasteiger partial charge in [0.15, 0.2) is 0 Å². The van der Waals surface area contributed by atoms with Gasteiger partial charge in [0.05, 0.1) is 27.6 Å². The smallest absolute Gasteiger partial charge is 0.0788 e. The maximum Gasteiger partial charge on any atom is 0.0788 e. The molecular formula is C44H28N2. The van der Waals surface area contributed by atoms with Crippen molar-refractivity contribution in [3.63, 3.8) is 0 Å². The Morgan fingerprint density at radius 1 is 0.304 bits per heavy atom. The van der Waals surface area contributed by atoms with Crippen LogP contribution in [0, 0.1) is 0 Å². The first kappa shape index (κ1) is 25.2. The lowest BCUT2D eigenvalue weighted by Gasteiger charge is -2.16. The molecule has 7 aromatic carbocycles. The minimum absolute atomic E-state index is 1.15. The van der Waals surface area contributed by atoms with Crippen LogP contribution in [0.1, 0.15) is 0 Å². The molecule has 0 aliphatic carbocycles. The van der Waals surface area contributed by atoms with Crippen molar-refractivity contribution in [1.82, 2.24) is 8.97 Å². The molecule has 0 radical (unpaired) electrons. The number of para-hydroxylation sites is 2. The van der Waals surface area contributed by atoms with Crippen molar-refractivity contribution in [2.45, 2.75) is 0 Å². The summed E-state index contributed by atoms with van der Waals surface area (Å²) in [7, 11) is 0. The zero-order valence-electron chi connectivity index (χ0n) is 25.1. The van der Waals surface area contributed by atoms with Crippen LogP contribution in [0.25, 0.3) is 87.8 Å². The van der Waals surface area contributed by atoms with Gasteiger partial charge in [0.1, 0.15) is 0 Å². The molecular weight excluding hydrogens is 556 g/mol. The third-order valence-corrected chi connectivity index (χ3v) is 9.63. The van der Waals surface area contributed by atoms with E-state index in [1.165, 1.54) is 82.2 Å². The number of nitrogens with zero attached hydrogens (tertiary/aromatic N) is 2. The van der Waals surface area contributed by atoms with E-state index < -0.39 is 0 Å². The highest BCUT2D eigenvalue weighted by molar-refractivity contribution is 6.25. The van der Waals surface area contributed by atoms with Crippen molar-refractivity contribution in [2.24, 2.45) is 0 Å². The van der Waals surface area contributed by atoms with Crippen molar-refractivity contribution in [1.29, 1.82) is 0 Å². The highest BCUT2D eigenvalue weighted by Gasteiger charge is 2.21. The first-order valence-corrected chi connectivity index (χ1v) is 15.9. The van der Waals surface area contributed by atoms with Gasteiger partial charge in [-0.05, 0) is 64.0 Å². The Balaban J connectivity index is 1.44. The molecule has 2 nitrogen and oxygen atoms in total. The van der Waals surface area contributed by atoms with Crippen LogP contribution in [-0.4, -0.2) is 8.97 Å². The molecule has 3 aromatic heterocycles. The number of aromatic nitrogens is 2. The van der Waals surface area contributed by atoms with E-state index in [2.05, 4.69) is 179 Å². The average molecular weight is 585 g/mol. The number of hydrogen-bond donors (Lipinski definition) is 0. The fourth-order valence-corrected chi connectivity index (χ4v) is 7.62. The van der Waals surface area contributed by atoms with Crippen LogP contribution in [0.2, 0.25) is 0 Å². The summed E-state index contributed by atoms with van der Waals surface area (Å²) in [5.74, 6) is 0. The monoisotopic (exact) mass is 584 g/mol. The molecule has 0 N–H and O–H groups in total. The van der Waals surface area contributed by atoms with Crippen molar-refractivity contribution < 1.29 is 0 Å². The molecule has 0 aliphatic rings. The molecule has 0 saturated heterocycles. The highest BCUT2D eigenvalue weighted by Crippen LogP contribution is 2.42. The van der Waals surface area contributed by atoms with Crippen molar-refractivity contribution >= 4 is 59.9 Å². The van der Waals surface area contributed by atoms with E-state index in [4.69, 9.17) is 0 Å². The molecule has 0 unspecified atom stereocenters. The van der Waals surface area contributed by atoms with E-state index >= 15 is 0 Å². The molecule has 2 heteroatoms. The topological polar surface area (TPSA) is 9.34 Å². The maximum atomic E-state index is 2.51. The van der Waals surface area contributed by atoms with E-state index in [0.717, 1.165) is 5.69 Å². The van der Waals surface area contributed by atoms with Crippen LogP contribution in [0.3, 0.4) is 0 Å². The van der Waals surface area contributed by atoms with Crippen LogP contribution in [0.15, 0.2) is 170 Å². The second-order valence-corrected chi connectivity index (χ2v) is 12.2. The van der Waals surface area contributed by atoms with Gasteiger partial charge in [-0.3, -0.25) is 0 Å². The molecule has 10 aromatic rings. The predicted molar refractivity (Wildman–Crippen MR) is 195 cm³/mol. The van der Waals surface area contributed by atoms with Gasteiger partial charge in [-0.15, -0.1) is 0 Å². The van der Waals surface area contributed by atoms with Crippen LogP contribution in [0.5, 0.6) is 0 Å². The summed E-state index contributed by atoms with van der Waals surface area (Å²) in [6, 6.07) is 62.0. The van der Waals surface area contributed by atoms with Gasteiger partial charge in [-0.25, -0.2) is 0 Å². The minimum Gasteiger partial charge on any atom is -0.307 e. The Bertz CT molecular complexity index is 2730. The largest absolute Gasteiger partial charge is 0.307 e. The maximum absolute atomic E-state index is 2.51. The lowest BCUT2D eigenvalue weighted by Crippen LogP contribution is -1.99.